The summed E-state index contributed by atoms with van der Waals surface area (Å²) in [6.07, 6.45) is 3.15. The van der Waals surface area contributed by atoms with Crippen molar-refractivity contribution >= 4 is 16.9 Å². The highest BCUT2D eigenvalue weighted by Gasteiger charge is 2.04. The van der Waals surface area contributed by atoms with Crippen LogP contribution in [0, 0.1) is 0 Å². The van der Waals surface area contributed by atoms with Gasteiger partial charge in [-0.2, -0.15) is 0 Å². The van der Waals surface area contributed by atoms with Gasteiger partial charge in [-0.15, -0.1) is 0 Å². The number of benzene rings is 1. The van der Waals surface area contributed by atoms with Crippen molar-refractivity contribution in [1.82, 2.24) is 19.9 Å². The number of nitrogens with zero attached hydrogens (tertiary/aromatic N) is 3. The average Bonchev–Trinajstić information content (AvgIpc) is 2.81. The monoisotopic (exact) mass is 241 g/mol. The van der Waals surface area contributed by atoms with Crippen molar-refractivity contribution < 1.29 is 4.74 Å². The number of nitrogens with two attached hydrogens (primary N) is 1. The Morgan fingerprint density at radius 3 is 2.83 bits per heavy atom. The summed E-state index contributed by atoms with van der Waals surface area (Å²) in [4.78, 5) is 15.3. The minimum atomic E-state index is 0.347. The number of nitrogens with one attached hydrogen (secondary N) is 1. The quantitative estimate of drug-likeness (QED) is 0.678. The molecule has 0 spiro atoms. The van der Waals surface area contributed by atoms with Gasteiger partial charge in [0.15, 0.2) is 5.65 Å². The Labute approximate surface area is 103 Å². The third-order valence-electron chi connectivity index (χ3n) is 2.47. The number of nitrogen functional groups attached to an aromatic ring is 1. The van der Waals surface area contributed by atoms with E-state index in [-0.39, 0.29) is 0 Å². The van der Waals surface area contributed by atoms with Gasteiger partial charge in [-0.1, -0.05) is 0 Å². The molecule has 3 N–H and O–H groups in total. The average molecular weight is 241 g/mol. The minimum Gasteiger partial charge on any atom is -0.486 e. The first-order valence-electron chi connectivity index (χ1n) is 5.44. The Kier molecular flexibility index (Phi) is 2.53. The van der Waals surface area contributed by atoms with Gasteiger partial charge in [-0.3, -0.25) is 0 Å². The second-order valence-electron chi connectivity index (χ2n) is 3.80. The van der Waals surface area contributed by atoms with Crippen molar-refractivity contribution in [2.45, 2.75) is 6.61 Å². The van der Waals surface area contributed by atoms with Crippen LogP contribution >= 0.6 is 0 Å². The zero-order valence-corrected chi connectivity index (χ0v) is 9.50. The summed E-state index contributed by atoms with van der Waals surface area (Å²) in [5.74, 6) is 1.46. The first-order valence-corrected chi connectivity index (χ1v) is 5.44. The fourth-order valence-electron chi connectivity index (χ4n) is 1.60. The standard InChI is InChI=1S/C12H11N5O/c13-8-1-3-9(4-2-8)18-6-11-16-10-5-14-7-15-12(10)17-11/h1-5,7H,6,13H2,(H,14,15,16,17). The van der Waals surface area contributed by atoms with Crippen LogP contribution in [0.25, 0.3) is 11.2 Å². The number of hydrogen-bond acceptors (Lipinski definition) is 5. The van der Waals surface area contributed by atoms with Crippen molar-refractivity contribution in [1.29, 1.82) is 0 Å². The van der Waals surface area contributed by atoms with E-state index in [0.717, 1.165) is 11.3 Å². The maximum absolute atomic E-state index is 5.60. The molecule has 0 saturated heterocycles. The number of imidazole rings is 1. The van der Waals surface area contributed by atoms with Crippen LogP contribution in [-0.4, -0.2) is 19.9 Å². The summed E-state index contributed by atoms with van der Waals surface area (Å²) in [7, 11) is 0. The molecule has 0 saturated carbocycles. The topological polar surface area (TPSA) is 89.7 Å². The van der Waals surface area contributed by atoms with Gasteiger partial charge in [0.05, 0.1) is 6.20 Å². The van der Waals surface area contributed by atoms with Crippen molar-refractivity contribution in [2.75, 3.05) is 5.73 Å². The number of H-pyrrole nitrogens is 1. The number of hydrogen-bond donors (Lipinski definition) is 2. The van der Waals surface area contributed by atoms with E-state index in [2.05, 4.69) is 19.9 Å². The molecule has 0 aliphatic rings. The third-order valence-corrected chi connectivity index (χ3v) is 2.47. The molecule has 0 atom stereocenters. The molecule has 2 aromatic heterocycles. The van der Waals surface area contributed by atoms with Gasteiger partial charge in [-0.05, 0) is 24.3 Å². The molecule has 1 aromatic carbocycles. The van der Waals surface area contributed by atoms with Crippen LogP contribution in [0.1, 0.15) is 5.82 Å². The Hall–Kier alpha value is -2.63. The third kappa shape index (κ3) is 2.08. The molecule has 0 unspecified atom stereocenters. The van der Waals surface area contributed by atoms with Gasteiger partial charge in [-0.25, -0.2) is 15.0 Å². The largest absolute Gasteiger partial charge is 0.486 e. The normalized spacial score (nSPS) is 10.7. The summed E-state index contributed by atoms with van der Waals surface area (Å²) in [6.45, 7) is 0.347. The highest BCUT2D eigenvalue weighted by atomic mass is 16.5. The summed E-state index contributed by atoms with van der Waals surface area (Å²) in [5.41, 5.74) is 7.74. The summed E-state index contributed by atoms with van der Waals surface area (Å²) >= 11 is 0. The summed E-state index contributed by atoms with van der Waals surface area (Å²) < 4.78 is 5.58. The lowest BCUT2D eigenvalue weighted by atomic mass is 10.3. The Morgan fingerprint density at radius 1 is 1.22 bits per heavy atom. The molecule has 0 aliphatic carbocycles. The van der Waals surface area contributed by atoms with Gasteiger partial charge < -0.3 is 15.5 Å². The maximum Gasteiger partial charge on any atom is 0.180 e. The molecule has 6 nitrogen and oxygen atoms in total. The smallest absolute Gasteiger partial charge is 0.180 e. The predicted octanol–water partition coefficient (Wildman–Crippen LogP) is 1.51. The molecule has 0 aliphatic heterocycles. The lowest BCUT2D eigenvalue weighted by Gasteiger charge is -2.03. The van der Waals surface area contributed by atoms with Crippen molar-refractivity contribution in [3.8, 4) is 5.75 Å². The second-order valence-corrected chi connectivity index (χ2v) is 3.80. The van der Waals surface area contributed by atoms with Gasteiger partial charge in [0, 0.05) is 5.69 Å². The molecule has 90 valence electrons. The zero-order chi connectivity index (χ0) is 12.4. The van der Waals surface area contributed by atoms with Crippen LogP contribution < -0.4 is 10.5 Å². The molecular weight excluding hydrogens is 230 g/mol. The summed E-state index contributed by atoms with van der Waals surface area (Å²) in [5, 5.41) is 0. The summed E-state index contributed by atoms with van der Waals surface area (Å²) in [6, 6.07) is 7.22. The molecule has 3 aromatic rings. The molecule has 0 amide bonds. The highest BCUT2D eigenvalue weighted by Crippen LogP contribution is 2.15. The van der Waals surface area contributed by atoms with Crippen LogP contribution in [0.4, 0.5) is 5.69 Å². The predicted molar refractivity (Wildman–Crippen MR) is 66.9 cm³/mol. The molecule has 0 bridgehead atoms. The number of aromatic amines is 1. The van der Waals surface area contributed by atoms with E-state index in [1.165, 1.54) is 6.33 Å². The van der Waals surface area contributed by atoms with Crippen molar-refractivity contribution in [3.05, 3.63) is 42.6 Å². The molecule has 0 fully saturated rings. The number of fused-ring (bicyclic) bond motifs is 1. The first kappa shape index (κ1) is 10.5. The van der Waals surface area contributed by atoms with Gasteiger partial charge in [0.1, 0.15) is 30.0 Å². The number of aromatic nitrogens is 4. The van der Waals surface area contributed by atoms with Crippen molar-refractivity contribution in [3.63, 3.8) is 0 Å². The van der Waals surface area contributed by atoms with Crippen LogP contribution in [0.2, 0.25) is 0 Å². The van der Waals surface area contributed by atoms with Crippen LogP contribution in [0.15, 0.2) is 36.8 Å². The van der Waals surface area contributed by atoms with E-state index in [1.807, 2.05) is 12.1 Å². The number of anilines is 1. The van der Waals surface area contributed by atoms with E-state index in [1.54, 1.807) is 18.3 Å². The maximum atomic E-state index is 5.60. The highest BCUT2D eigenvalue weighted by molar-refractivity contribution is 5.68. The first-order chi connectivity index (χ1) is 8.81. The molecular formula is C12H11N5O. The van der Waals surface area contributed by atoms with Crippen LogP contribution in [0.3, 0.4) is 0 Å². The van der Waals surface area contributed by atoms with E-state index in [4.69, 9.17) is 10.5 Å². The van der Waals surface area contributed by atoms with E-state index >= 15 is 0 Å². The van der Waals surface area contributed by atoms with E-state index < -0.39 is 0 Å². The Bertz CT molecular complexity index is 629. The Morgan fingerprint density at radius 2 is 2.06 bits per heavy atom. The second kappa shape index (κ2) is 4.33. The van der Waals surface area contributed by atoms with Crippen LogP contribution in [0.5, 0.6) is 5.75 Å². The number of rotatable bonds is 3. The lowest BCUT2D eigenvalue weighted by molar-refractivity contribution is 0.297. The molecule has 2 heterocycles. The van der Waals surface area contributed by atoms with Crippen molar-refractivity contribution in [2.24, 2.45) is 0 Å². The minimum absolute atomic E-state index is 0.347. The molecule has 18 heavy (non-hydrogen) atoms. The van der Waals surface area contributed by atoms with Crippen LogP contribution in [-0.2, 0) is 6.61 Å². The molecule has 3 rings (SSSR count). The van der Waals surface area contributed by atoms with E-state index in [0.29, 0.717) is 23.8 Å². The molecule has 6 heteroatoms. The Balaban J connectivity index is 1.74. The molecule has 0 radical (unpaired) electrons. The SMILES string of the molecule is Nc1ccc(OCc2nc3ncncc3[nH]2)cc1. The lowest BCUT2D eigenvalue weighted by Crippen LogP contribution is -1.97. The number of ether oxygens (including phenoxy) is 1. The van der Waals surface area contributed by atoms with Gasteiger partial charge in [0.2, 0.25) is 0 Å². The fraction of sp³-hybridized carbons (Fsp3) is 0.0833. The van der Waals surface area contributed by atoms with Gasteiger partial charge >= 0.3 is 0 Å². The van der Waals surface area contributed by atoms with E-state index in [9.17, 15) is 0 Å². The van der Waals surface area contributed by atoms with Gasteiger partial charge in [0.25, 0.3) is 0 Å². The fourth-order valence-corrected chi connectivity index (χ4v) is 1.60. The zero-order valence-electron chi connectivity index (χ0n) is 9.50.